The summed E-state index contributed by atoms with van der Waals surface area (Å²) in [4.78, 5) is 11.1. The molecule has 0 aromatic heterocycles. The van der Waals surface area contributed by atoms with Crippen molar-refractivity contribution in [3.05, 3.63) is 0 Å². The monoisotopic (exact) mass is 229 g/mol. The average Bonchev–Trinajstić information content (AvgIpc) is 2.27. The van der Waals surface area contributed by atoms with Gasteiger partial charge in [0.15, 0.2) is 0 Å². The molecule has 16 heavy (non-hydrogen) atoms. The molecule has 0 amide bonds. The molecule has 0 aliphatic carbocycles. The predicted molar refractivity (Wildman–Crippen MR) is 62.3 cm³/mol. The van der Waals surface area contributed by atoms with Crippen molar-refractivity contribution in [1.29, 1.82) is 0 Å². The van der Waals surface area contributed by atoms with Crippen molar-refractivity contribution in [1.82, 2.24) is 5.32 Å². The molecule has 4 heteroatoms. The van der Waals surface area contributed by atoms with E-state index in [1.54, 1.807) is 0 Å². The molecule has 0 radical (unpaired) electrons. The standard InChI is InChI=1S/C12H23NO3/c1-10(8-11(14)15-3)13-9-12(2)4-6-16-7-5-12/h10,13H,4-9H2,1-3H3. The Bertz CT molecular complexity index is 224. The lowest BCUT2D eigenvalue weighted by molar-refractivity contribution is -0.141. The van der Waals surface area contributed by atoms with Gasteiger partial charge in [-0.1, -0.05) is 6.92 Å². The van der Waals surface area contributed by atoms with E-state index in [0.29, 0.717) is 11.8 Å². The summed E-state index contributed by atoms with van der Waals surface area (Å²) in [5.41, 5.74) is 0.308. The maximum Gasteiger partial charge on any atom is 0.307 e. The summed E-state index contributed by atoms with van der Waals surface area (Å²) in [6.45, 7) is 6.93. The minimum absolute atomic E-state index is 0.155. The first kappa shape index (κ1) is 13.5. The van der Waals surface area contributed by atoms with Crippen LogP contribution in [0.25, 0.3) is 0 Å². The number of hydrogen-bond acceptors (Lipinski definition) is 4. The highest BCUT2D eigenvalue weighted by Gasteiger charge is 2.27. The lowest BCUT2D eigenvalue weighted by Gasteiger charge is -2.34. The first-order chi connectivity index (χ1) is 7.56. The predicted octanol–water partition coefficient (Wildman–Crippen LogP) is 1.34. The fourth-order valence-electron chi connectivity index (χ4n) is 1.87. The summed E-state index contributed by atoms with van der Waals surface area (Å²) in [5.74, 6) is -0.155. The molecule has 0 spiro atoms. The fourth-order valence-corrected chi connectivity index (χ4v) is 1.87. The first-order valence-electron chi connectivity index (χ1n) is 5.94. The molecule has 1 atom stereocenters. The average molecular weight is 229 g/mol. The Hall–Kier alpha value is -0.610. The fraction of sp³-hybridized carbons (Fsp3) is 0.917. The van der Waals surface area contributed by atoms with E-state index in [9.17, 15) is 4.79 Å². The second-order valence-corrected chi connectivity index (χ2v) is 4.99. The highest BCUT2D eigenvalue weighted by atomic mass is 16.5. The van der Waals surface area contributed by atoms with Crippen molar-refractivity contribution < 1.29 is 14.3 Å². The summed E-state index contributed by atoms with van der Waals surface area (Å²) in [7, 11) is 1.43. The normalized spacial score (nSPS) is 21.4. The second kappa shape index (κ2) is 6.21. The van der Waals surface area contributed by atoms with Crippen molar-refractivity contribution in [3.8, 4) is 0 Å². The summed E-state index contributed by atoms with van der Waals surface area (Å²) in [6.07, 6.45) is 2.61. The Kier molecular flexibility index (Phi) is 5.22. The topological polar surface area (TPSA) is 47.6 Å². The molecule has 1 unspecified atom stereocenters. The zero-order valence-electron chi connectivity index (χ0n) is 10.5. The van der Waals surface area contributed by atoms with E-state index >= 15 is 0 Å². The van der Waals surface area contributed by atoms with Crippen molar-refractivity contribution >= 4 is 5.97 Å². The van der Waals surface area contributed by atoms with Gasteiger partial charge in [0.05, 0.1) is 13.5 Å². The van der Waals surface area contributed by atoms with E-state index < -0.39 is 0 Å². The molecular formula is C12H23NO3. The Morgan fingerprint density at radius 3 is 2.69 bits per heavy atom. The lowest BCUT2D eigenvalue weighted by Crippen LogP contribution is -2.41. The first-order valence-corrected chi connectivity index (χ1v) is 5.94. The molecule has 94 valence electrons. The number of methoxy groups -OCH3 is 1. The van der Waals surface area contributed by atoms with Crippen LogP contribution in [0.15, 0.2) is 0 Å². The van der Waals surface area contributed by atoms with Crippen LogP contribution >= 0.6 is 0 Å². The van der Waals surface area contributed by atoms with Crippen LogP contribution in [0.4, 0.5) is 0 Å². The molecule has 1 aliphatic heterocycles. The van der Waals surface area contributed by atoms with E-state index in [-0.39, 0.29) is 12.0 Å². The summed E-state index contributed by atoms with van der Waals surface area (Å²) in [5, 5.41) is 3.40. The molecule has 0 saturated carbocycles. The van der Waals surface area contributed by atoms with Crippen LogP contribution in [-0.2, 0) is 14.3 Å². The third kappa shape index (κ3) is 4.49. The van der Waals surface area contributed by atoms with E-state index in [4.69, 9.17) is 4.74 Å². The second-order valence-electron chi connectivity index (χ2n) is 4.99. The van der Waals surface area contributed by atoms with E-state index in [1.807, 2.05) is 6.92 Å². The van der Waals surface area contributed by atoms with Gasteiger partial charge in [-0.3, -0.25) is 4.79 Å². The number of rotatable bonds is 5. The number of hydrogen-bond donors (Lipinski definition) is 1. The van der Waals surface area contributed by atoms with Gasteiger partial charge >= 0.3 is 5.97 Å². The van der Waals surface area contributed by atoms with Crippen molar-refractivity contribution in [2.24, 2.45) is 5.41 Å². The number of carbonyl (C=O) groups is 1. The van der Waals surface area contributed by atoms with Gasteiger partial charge in [0.25, 0.3) is 0 Å². The highest BCUT2D eigenvalue weighted by Crippen LogP contribution is 2.28. The Labute approximate surface area is 97.7 Å². The van der Waals surface area contributed by atoms with Gasteiger partial charge in [-0.15, -0.1) is 0 Å². The van der Waals surface area contributed by atoms with Crippen molar-refractivity contribution in [3.63, 3.8) is 0 Å². The Morgan fingerprint density at radius 2 is 2.12 bits per heavy atom. The number of nitrogens with one attached hydrogen (secondary N) is 1. The molecule has 0 aromatic rings. The SMILES string of the molecule is COC(=O)CC(C)NCC1(C)CCOCC1. The summed E-state index contributed by atoms with van der Waals surface area (Å²) >= 11 is 0. The van der Waals surface area contributed by atoms with E-state index in [1.165, 1.54) is 7.11 Å². The molecule has 1 N–H and O–H groups in total. The number of ether oxygens (including phenoxy) is 2. The minimum atomic E-state index is -0.155. The molecule has 1 fully saturated rings. The van der Waals surface area contributed by atoms with Gasteiger partial charge in [-0.2, -0.15) is 0 Å². The maximum atomic E-state index is 11.1. The Morgan fingerprint density at radius 1 is 1.50 bits per heavy atom. The van der Waals surface area contributed by atoms with Gasteiger partial charge in [0.1, 0.15) is 0 Å². The van der Waals surface area contributed by atoms with Crippen LogP contribution in [0.3, 0.4) is 0 Å². The van der Waals surface area contributed by atoms with E-state index in [0.717, 1.165) is 32.6 Å². The van der Waals surface area contributed by atoms with Crippen LogP contribution in [0.2, 0.25) is 0 Å². The third-order valence-electron chi connectivity index (χ3n) is 3.28. The summed E-state index contributed by atoms with van der Waals surface area (Å²) in [6, 6.07) is 0.173. The molecule has 4 nitrogen and oxygen atoms in total. The molecule has 0 aromatic carbocycles. The molecule has 1 rings (SSSR count). The minimum Gasteiger partial charge on any atom is -0.469 e. The zero-order chi connectivity index (χ0) is 12.0. The third-order valence-corrected chi connectivity index (χ3v) is 3.28. The molecule has 1 aliphatic rings. The summed E-state index contributed by atoms with van der Waals surface area (Å²) < 4.78 is 9.99. The largest absolute Gasteiger partial charge is 0.469 e. The molecule has 1 heterocycles. The van der Waals surface area contributed by atoms with Crippen LogP contribution in [-0.4, -0.2) is 38.9 Å². The number of esters is 1. The van der Waals surface area contributed by atoms with Gasteiger partial charge in [0, 0.05) is 25.8 Å². The van der Waals surface area contributed by atoms with Crippen LogP contribution in [0, 0.1) is 5.41 Å². The quantitative estimate of drug-likeness (QED) is 0.723. The van der Waals surface area contributed by atoms with Crippen molar-refractivity contribution in [2.45, 2.75) is 39.2 Å². The van der Waals surface area contributed by atoms with Gasteiger partial charge < -0.3 is 14.8 Å². The van der Waals surface area contributed by atoms with Gasteiger partial charge in [-0.05, 0) is 25.2 Å². The van der Waals surface area contributed by atoms with E-state index in [2.05, 4.69) is 17.0 Å². The molecular weight excluding hydrogens is 206 g/mol. The van der Waals surface area contributed by atoms with Crippen LogP contribution in [0.1, 0.15) is 33.1 Å². The van der Waals surface area contributed by atoms with Crippen LogP contribution in [0.5, 0.6) is 0 Å². The highest BCUT2D eigenvalue weighted by molar-refractivity contribution is 5.69. The molecule has 0 bridgehead atoms. The maximum absolute atomic E-state index is 11.1. The lowest BCUT2D eigenvalue weighted by atomic mass is 9.82. The zero-order valence-corrected chi connectivity index (χ0v) is 10.5. The molecule has 1 saturated heterocycles. The van der Waals surface area contributed by atoms with Gasteiger partial charge in [-0.25, -0.2) is 0 Å². The number of carbonyl (C=O) groups excluding carboxylic acids is 1. The van der Waals surface area contributed by atoms with Crippen LogP contribution < -0.4 is 5.32 Å². The smallest absolute Gasteiger partial charge is 0.307 e. The Balaban J connectivity index is 2.24. The van der Waals surface area contributed by atoms with Crippen molar-refractivity contribution in [2.75, 3.05) is 26.9 Å². The van der Waals surface area contributed by atoms with Gasteiger partial charge in [0.2, 0.25) is 0 Å².